The van der Waals surface area contributed by atoms with Crippen LogP contribution in [0.1, 0.15) is 37.7 Å². The smallest absolute Gasteiger partial charge is 0.405 e. The molecule has 1 aromatic carbocycles. The summed E-state index contributed by atoms with van der Waals surface area (Å²) < 4.78 is 83.2. The van der Waals surface area contributed by atoms with Gasteiger partial charge in [0.15, 0.2) is 5.82 Å². The van der Waals surface area contributed by atoms with E-state index in [1.165, 1.54) is 24.7 Å². The highest BCUT2D eigenvalue weighted by atomic mass is 19.4. The minimum Gasteiger partial charge on any atom is -0.478 e. The summed E-state index contributed by atoms with van der Waals surface area (Å²) in [5.74, 6) is -1.13. The molecular weight excluding hydrogens is 511 g/mol. The van der Waals surface area contributed by atoms with Crippen LogP contribution >= 0.6 is 0 Å². The number of ether oxygens (including phenoxy) is 1. The van der Waals surface area contributed by atoms with Crippen molar-refractivity contribution in [2.75, 3.05) is 24.2 Å². The van der Waals surface area contributed by atoms with Gasteiger partial charge in [-0.3, -0.25) is 0 Å². The summed E-state index contributed by atoms with van der Waals surface area (Å²) in [6, 6.07) is 11.8. The van der Waals surface area contributed by atoms with Gasteiger partial charge in [-0.2, -0.15) is 23.3 Å². The summed E-state index contributed by atoms with van der Waals surface area (Å²) in [7, 11) is 0. The molecule has 0 saturated carbocycles. The molecule has 0 aliphatic rings. The van der Waals surface area contributed by atoms with Crippen molar-refractivity contribution in [1.29, 1.82) is 0 Å². The van der Waals surface area contributed by atoms with Crippen LogP contribution in [0.4, 0.5) is 24.9 Å². The van der Waals surface area contributed by atoms with Gasteiger partial charge in [-0.05, 0) is 42.2 Å². The monoisotopic (exact) mass is 540 g/mol. The van der Waals surface area contributed by atoms with Gasteiger partial charge in [0.05, 0.1) is 20.7 Å². The van der Waals surface area contributed by atoms with Crippen molar-refractivity contribution < 1.29 is 24.8 Å². The number of pyridine rings is 2. The SMILES string of the molecule is [2H]C([2H])([2H])C([2H])([2H])Oc1ccc(-c2cc([C@H](C)c3ccc(-n4cncn4)cc3)c3nc(N)nc(NCC(F)(F)F)c3n2)cn1. The molecule has 0 aliphatic carbocycles. The van der Waals surface area contributed by atoms with Gasteiger partial charge in [-0.15, -0.1) is 0 Å². The van der Waals surface area contributed by atoms with E-state index in [0.717, 1.165) is 11.3 Å². The van der Waals surface area contributed by atoms with Crippen LogP contribution < -0.4 is 15.8 Å². The molecule has 0 fully saturated rings. The topological polar surface area (TPSA) is 130 Å². The maximum Gasteiger partial charge on any atom is 0.405 e. The number of anilines is 2. The first-order valence-corrected chi connectivity index (χ1v) is 11.5. The van der Waals surface area contributed by atoms with Crippen LogP contribution in [0.2, 0.25) is 0 Å². The molecule has 200 valence electrons. The first-order valence-electron chi connectivity index (χ1n) is 14.0. The number of hydrogen-bond donors (Lipinski definition) is 2. The number of rotatable bonds is 8. The van der Waals surface area contributed by atoms with E-state index < -0.39 is 26.1 Å². The number of halogens is 3. The van der Waals surface area contributed by atoms with Crippen LogP contribution in [0.5, 0.6) is 5.88 Å². The molecule has 13 heteroatoms. The minimum atomic E-state index is -4.55. The van der Waals surface area contributed by atoms with E-state index in [1.807, 2.05) is 31.2 Å². The minimum absolute atomic E-state index is 0.0288. The lowest BCUT2D eigenvalue weighted by Gasteiger charge is -2.18. The van der Waals surface area contributed by atoms with Gasteiger partial charge in [0, 0.05) is 27.9 Å². The molecule has 1 atom stereocenters. The molecule has 0 spiro atoms. The number of nitrogens with zero attached hydrogens (tertiary/aromatic N) is 7. The maximum absolute atomic E-state index is 13.1. The second-order valence-electron chi connectivity index (χ2n) is 8.44. The third kappa shape index (κ3) is 5.71. The molecule has 0 radical (unpaired) electrons. The third-order valence-corrected chi connectivity index (χ3v) is 5.89. The van der Waals surface area contributed by atoms with E-state index in [2.05, 4.69) is 35.3 Å². The Morgan fingerprint density at radius 1 is 1.13 bits per heavy atom. The van der Waals surface area contributed by atoms with Gasteiger partial charge in [0.1, 0.15) is 30.2 Å². The Labute approximate surface area is 228 Å². The largest absolute Gasteiger partial charge is 0.478 e. The Kier molecular flexibility index (Phi) is 5.44. The number of benzene rings is 1. The highest BCUT2D eigenvalue weighted by molar-refractivity contribution is 5.91. The fraction of sp³-hybridized carbons (Fsp3) is 0.231. The summed E-state index contributed by atoms with van der Waals surface area (Å²) in [6.07, 6.45) is -0.308. The van der Waals surface area contributed by atoms with E-state index in [1.54, 1.807) is 17.1 Å². The zero-order valence-corrected chi connectivity index (χ0v) is 20.3. The van der Waals surface area contributed by atoms with Crippen LogP contribution in [0.15, 0.2) is 61.3 Å². The number of nitrogen functional groups attached to an aromatic ring is 1. The molecule has 0 saturated heterocycles. The van der Waals surface area contributed by atoms with Gasteiger partial charge < -0.3 is 15.8 Å². The summed E-state index contributed by atoms with van der Waals surface area (Å²) >= 11 is 0. The second kappa shape index (κ2) is 10.5. The molecular formula is C26H24F3N9O. The third-order valence-electron chi connectivity index (χ3n) is 5.89. The first kappa shape index (κ1) is 20.2. The van der Waals surface area contributed by atoms with Crippen molar-refractivity contribution in [2.45, 2.75) is 25.9 Å². The molecule has 4 aromatic heterocycles. The highest BCUT2D eigenvalue weighted by Crippen LogP contribution is 2.35. The van der Waals surface area contributed by atoms with Crippen molar-refractivity contribution in [3.63, 3.8) is 0 Å². The average Bonchev–Trinajstić information content (AvgIpc) is 3.50. The number of hydrogen-bond acceptors (Lipinski definition) is 9. The van der Waals surface area contributed by atoms with Crippen LogP contribution in [-0.4, -0.2) is 54.0 Å². The normalized spacial score (nSPS) is 15.0. The molecule has 10 nitrogen and oxygen atoms in total. The fourth-order valence-electron chi connectivity index (χ4n) is 4.01. The molecule has 0 bridgehead atoms. The molecule has 5 aromatic rings. The molecule has 0 unspecified atom stereocenters. The van der Waals surface area contributed by atoms with Gasteiger partial charge in [0.2, 0.25) is 11.8 Å². The van der Waals surface area contributed by atoms with Crippen molar-refractivity contribution in [1.82, 2.24) is 34.7 Å². The van der Waals surface area contributed by atoms with Crippen molar-refractivity contribution in [3.8, 4) is 22.8 Å². The quantitative estimate of drug-likeness (QED) is 0.286. The Morgan fingerprint density at radius 2 is 1.95 bits per heavy atom. The van der Waals surface area contributed by atoms with Crippen LogP contribution in [0, 0.1) is 0 Å². The molecule has 39 heavy (non-hydrogen) atoms. The molecule has 0 amide bonds. The van der Waals surface area contributed by atoms with Crippen LogP contribution in [0.3, 0.4) is 0 Å². The van der Waals surface area contributed by atoms with Crippen molar-refractivity contribution in [3.05, 3.63) is 72.4 Å². The number of aromatic nitrogens is 7. The number of nitrogens with one attached hydrogen (secondary N) is 1. The summed E-state index contributed by atoms with van der Waals surface area (Å²) in [5.41, 5.74) is 9.00. The Morgan fingerprint density at radius 3 is 2.62 bits per heavy atom. The molecule has 4 heterocycles. The van der Waals surface area contributed by atoms with Gasteiger partial charge in [-0.1, -0.05) is 19.1 Å². The zero-order valence-electron chi connectivity index (χ0n) is 25.3. The number of fused-ring (bicyclic) bond motifs is 1. The standard InChI is InChI=1S/C26H24F3N9O/c1-3-39-21-9-6-17(11-32-21)20-10-19(15(2)16-4-7-18(8-5-16)38-14-31-13-34-38)22-23(35-20)24(37-25(30)36-22)33-12-26(27,28)29/h4-11,13-15H,3,12H2,1-2H3,(H3,30,33,36,37)/t15-/m1/s1/i1D3,3D2. The fourth-order valence-corrected chi connectivity index (χ4v) is 4.01. The van der Waals surface area contributed by atoms with E-state index in [4.69, 9.17) is 17.3 Å². The first-order chi connectivity index (χ1) is 20.6. The van der Waals surface area contributed by atoms with Crippen LogP contribution in [0.25, 0.3) is 28.0 Å². The summed E-state index contributed by atoms with van der Waals surface area (Å²) in [6.45, 7) is -5.56. The van der Waals surface area contributed by atoms with Crippen LogP contribution in [-0.2, 0) is 0 Å². The molecule has 5 rings (SSSR count). The predicted molar refractivity (Wildman–Crippen MR) is 140 cm³/mol. The average molecular weight is 541 g/mol. The molecule has 0 aliphatic heterocycles. The van der Waals surface area contributed by atoms with E-state index in [9.17, 15) is 13.2 Å². The number of alkyl halides is 3. The van der Waals surface area contributed by atoms with Crippen molar-refractivity contribution in [2.24, 2.45) is 0 Å². The summed E-state index contributed by atoms with van der Waals surface area (Å²) in [4.78, 5) is 20.8. The van der Waals surface area contributed by atoms with E-state index in [0.29, 0.717) is 11.1 Å². The van der Waals surface area contributed by atoms with E-state index >= 15 is 0 Å². The lowest BCUT2D eigenvalue weighted by atomic mass is 9.91. The number of nitrogens with two attached hydrogens (primary N) is 1. The Balaban J connectivity index is 1.60. The lowest BCUT2D eigenvalue weighted by Crippen LogP contribution is -2.22. The predicted octanol–water partition coefficient (Wildman–Crippen LogP) is 4.77. The Bertz CT molecular complexity index is 1770. The highest BCUT2D eigenvalue weighted by Gasteiger charge is 2.28. The molecule has 3 N–H and O–H groups in total. The lowest BCUT2D eigenvalue weighted by molar-refractivity contribution is -0.115. The Hall–Kier alpha value is -4.81. The summed E-state index contributed by atoms with van der Waals surface area (Å²) in [5, 5.41) is 6.37. The zero-order chi connectivity index (χ0) is 31.9. The van der Waals surface area contributed by atoms with Gasteiger partial charge >= 0.3 is 6.18 Å². The van der Waals surface area contributed by atoms with E-state index in [-0.39, 0.29) is 40.3 Å². The van der Waals surface area contributed by atoms with Gasteiger partial charge in [0.25, 0.3) is 0 Å². The van der Waals surface area contributed by atoms with Gasteiger partial charge in [-0.25, -0.2) is 24.6 Å². The second-order valence-corrected chi connectivity index (χ2v) is 8.44. The maximum atomic E-state index is 13.1. The van der Waals surface area contributed by atoms with Crippen molar-refractivity contribution >= 4 is 22.8 Å².